The summed E-state index contributed by atoms with van der Waals surface area (Å²) in [5, 5.41) is 6.11. The molecule has 1 aliphatic rings. The average molecular weight is 971 g/mol. The highest BCUT2D eigenvalue weighted by atomic mass is 15.1. The normalized spacial score (nSPS) is 12.3. The van der Waals surface area contributed by atoms with Crippen LogP contribution in [0.4, 0.5) is 0 Å². The fourth-order valence-electron chi connectivity index (χ4n) is 11.6. The molecular formula is C70H46N6. The van der Waals surface area contributed by atoms with Crippen LogP contribution in [0.3, 0.4) is 0 Å². The Morgan fingerprint density at radius 2 is 0.724 bits per heavy atom. The first-order chi connectivity index (χ1) is 37.7. The Bertz CT molecular complexity index is 4580. The van der Waals surface area contributed by atoms with E-state index in [-0.39, 0.29) is 0 Å². The van der Waals surface area contributed by atoms with Crippen molar-refractivity contribution >= 4 is 60.6 Å². The quantitative estimate of drug-likeness (QED) is 0.152. The van der Waals surface area contributed by atoms with E-state index in [2.05, 4.69) is 220 Å². The zero-order chi connectivity index (χ0) is 50.1. The molecule has 0 N–H and O–H groups in total. The van der Waals surface area contributed by atoms with Gasteiger partial charge in [-0.1, -0.05) is 200 Å². The molecule has 0 fully saturated rings. The van der Waals surface area contributed by atoms with E-state index in [1.807, 2.05) is 60.7 Å². The van der Waals surface area contributed by atoms with E-state index in [0.29, 0.717) is 17.5 Å². The summed E-state index contributed by atoms with van der Waals surface area (Å²) < 4.78 is 7.37. The third-order valence-corrected chi connectivity index (χ3v) is 15.2. The van der Waals surface area contributed by atoms with E-state index in [0.717, 1.165) is 62.3 Å². The number of aromatic nitrogens is 6. The summed E-state index contributed by atoms with van der Waals surface area (Å²) in [4.78, 5) is 15.0. The van der Waals surface area contributed by atoms with Gasteiger partial charge in [0.1, 0.15) is 0 Å². The summed E-state index contributed by atoms with van der Waals surface area (Å²) in [5.74, 6) is 1.91. The molecule has 6 nitrogen and oxygen atoms in total. The number of rotatable bonds is 8. The molecule has 10 aromatic carbocycles. The highest BCUT2D eigenvalue weighted by Crippen LogP contribution is 2.42. The maximum Gasteiger partial charge on any atom is 0.164 e. The molecule has 0 atom stereocenters. The predicted molar refractivity (Wildman–Crippen MR) is 314 cm³/mol. The standard InChI is InChI=1S/C70H46N6/c1-5-19-47(20-6-1)68-71-69(48-21-7-2-8-22-48)73-70(72-68)49-35-33-46(34-36-49)52-39-42-66(75-61-29-12-4-11-25-54(61)55-26-13-17-31-62(55)75)67(45-52)76-63-32-18-15-28-57(63)59-44-51(38-41-65(59)76)50-37-40-64-58(43-50)56-27-14-16-30-60(56)74(64)53-23-9-3-10-24-53/h1-28,30-45H,29H2. The van der Waals surface area contributed by atoms with Crippen LogP contribution in [-0.2, 0) is 6.42 Å². The highest BCUT2D eigenvalue weighted by Gasteiger charge is 2.23. The lowest BCUT2D eigenvalue weighted by atomic mass is 10.0. The largest absolute Gasteiger partial charge is 0.311 e. The van der Waals surface area contributed by atoms with Crippen LogP contribution in [0.25, 0.3) is 134 Å². The summed E-state index contributed by atoms with van der Waals surface area (Å²) >= 11 is 0. The molecule has 0 spiro atoms. The first kappa shape index (κ1) is 43.4. The number of hydrogen-bond donors (Lipinski definition) is 0. The molecule has 76 heavy (non-hydrogen) atoms. The summed E-state index contributed by atoms with van der Waals surface area (Å²) in [6.45, 7) is 0. The van der Waals surface area contributed by atoms with Crippen LogP contribution >= 0.6 is 0 Å². The molecule has 0 aliphatic heterocycles. The summed E-state index contributed by atoms with van der Waals surface area (Å²) in [5.41, 5.74) is 19.1. The third-order valence-electron chi connectivity index (χ3n) is 15.2. The van der Waals surface area contributed by atoms with Crippen molar-refractivity contribution in [1.29, 1.82) is 0 Å². The van der Waals surface area contributed by atoms with Gasteiger partial charge in [-0.05, 0) is 89.0 Å². The Hall–Kier alpha value is -10.2. The van der Waals surface area contributed by atoms with Gasteiger partial charge < -0.3 is 13.7 Å². The first-order valence-electron chi connectivity index (χ1n) is 25.9. The molecular weight excluding hydrogens is 925 g/mol. The smallest absolute Gasteiger partial charge is 0.164 e. The van der Waals surface area contributed by atoms with Crippen molar-refractivity contribution in [3.63, 3.8) is 0 Å². The second-order valence-corrected chi connectivity index (χ2v) is 19.5. The van der Waals surface area contributed by atoms with Crippen molar-refractivity contribution < 1.29 is 0 Å². The van der Waals surface area contributed by atoms with Crippen LogP contribution < -0.4 is 0 Å². The minimum atomic E-state index is 0.627. The van der Waals surface area contributed by atoms with E-state index < -0.39 is 0 Å². The number of para-hydroxylation sites is 4. The second kappa shape index (κ2) is 17.8. The van der Waals surface area contributed by atoms with E-state index >= 15 is 0 Å². The Morgan fingerprint density at radius 1 is 0.289 bits per heavy atom. The number of fused-ring (bicyclic) bond motifs is 9. The van der Waals surface area contributed by atoms with Crippen LogP contribution in [0, 0.1) is 0 Å². The summed E-state index contributed by atoms with van der Waals surface area (Å²) in [7, 11) is 0. The monoisotopic (exact) mass is 970 g/mol. The molecule has 356 valence electrons. The third kappa shape index (κ3) is 7.14. The van der Waals surface area contributed by atoms with Crippen molar-refractivity contribution in [2.45, 2.75) is 6.42 Å². The lowest BCUT2D eigenvalue weighted by Crippen LogP contribution is -2.07. The van der Waals surface area contributed by atoms with Crippen LogP contribution in [0.5, 0.6) is 0 Å². The Balaban J connectivity index is 0.905. The van der Waals surface area contributed by atoms with E-state index in [9.17, 15) is 0 Å². The number of allylic oxidation sites excluding steroid dienone is 3. The van der Waals surface area contributed by atoms with Gasteiger partial charge in [-0.25, -0.2) is 15.0 Å². The summed E-state index contributed by atoms with van der Waals surface area (Å²) in [6.07, 6.45) is 9.67. The van der Waals surface area contributed by atoms with Gasteiger partial charge in [0.05, 0.1) is 39.0 Å². The second-order valence-electron chi connectivity index (χ2n) is 19.5. The van der Waals surface area contributed by atoms with Crippen LogP contribution in [0.1, 0.15) is 11.3 Å². The zero-order valence-corrected chi connectivity index (χ0v) is 41.3. The van der Waals surface area contributed by atoms with Crippen molar-refractivity contribution in [2.24, 2.45) is 0 Å². The number of nitrogens with zero attached hydrogens (tertiary/aromatic N) is 6. The zero-order valence-electron chi connectivity index (χ0n) is 41.3. The predicted octanol–water partition coefficient (Wildman–Crippen LogP) is 17.5. The lowest BCUT2D eigenvalue weighted by Gasteiger charge is -2.19. The molecule has 0 radical (unpaired) electrons. The van der Waals surface area contributed by atoms with Gasteiger partial charge in [-0.3, -0.25) is 0 Å². The van der Waals surface area contributed by atoms with Crippen LogP contribution in [0.2, 0.25) is 0 Å². The molecule has 0 saturated heterocycles. The fourth-order valence-corrected chi connectivity index (χ4v) is 11.6. The Labute approximate surface area is 439 Å². The Kier molecular flexibility index (Phi) is 10.2. The van der Waals surface area contributed by atoms with Gasteiger partial charge in [-0.2, -0.15) is 0 Å². The molecule has 15 rings (SSSR count). The topological polar surface area (TPSA) is 53.5 Å². The fraction of sp³-hybridized carbons (Fsp3) is 0.0143. The number of hydrogen-bond acceptors (Lipinski definition) is 3. The minimum Gasteiger partial charge on any atom is -0.311 e. The molecule has 1 aliphatic carbocycles. The summed E-state index contributed by atoms with van der Waals surface area (Å²) in [6, 6.07) is 87.0. The molecule has 4 heterocycles. The molecule has 14 aromatic rings. The molecule has 6 heteroatoms. The highest BCUT2D eigenvalue weighted by molar-refractivity contribution is 6.13. The SMILES string of the molecule is C1=CCc2c(c3ccccc3n2-c2ccc(-c3ccc(-c4nc(-c5ccccc5)nc(-c5ccccc5)n4)cc3)cc2-n2c3ccccc3c3cc(-c4ccc5c(c4)c4ccccc4n5-c4ccccc4)ccc32)C=C1. The van der Waals surface area contributed by atoms with Crippen molar-refractivity contribution in [3.05, 3.63) is 272 Å². The van der Waals surface area contributed by atoms with Gasteiger partial charge in [-0.15, -0.1) is 0 Å². The van der Waals surface area contributed by atoms with Crippen LogP contribution in [-0.4, -0.2) is 28.7 Å². The Morgan fingerprint density at radius 3 is 1.33 bits per heavy atom. The molecule has 0 saturated carbocycles. The van der Waals surface area contributed by atoms with Gasteiger partial charge in [0.25, 0.3) is 0 Å². The number of benzene rings is 10. The lowest BCUT2D eigenvalue weighted by molar-refractivity contribution is 0.983. The van der Waals surface area contributed by atoms with Crippen molar-refractivity contribution in [3.8, 4) is 73.5 Å². The van der Waals surface area contributed by atoms with E-state index in [1.165, 1.54) is 65.9 Å². The van der Waals surface area contributed by atoms with Gasteiger partial charge in [0.2, 0.25) is 0 Å². The molecule has 0 amide bonds. The maximum atomic E-state index is 5.04. The molecule has 0 bridgehead atoms. The first-order valence-corrected chi connectivity index (χ1v) is 25.9. The van der Waals surface area contributed by atoms with Crippen molar-refractivity contribution in [1.82, 2.24) is 28.7 Å². The van der Waals surface area contributed by atoms with Gasteiger partial charge in [0, 0.05) is 67.0 Å². The minimum absolute atomic E-state index is 0.627. The van der Waals surface area contributed by atoms with Crippen LogP contribution in [0.15, 0.2) is 261 Å². The van der Waals surface area contributed by atoms with E-state index in [1.54, 1.807) is 0 Å². The molecule has 0 unspecified atom stereocenters. The van der Waals surface area contributed by atoms with Gasteiger partial charge in [0.15, 0.2) is 17.5 Å². The van der Waals surface area contributed by atoms with Gasteiger partial charge >= 0.3 is 0 Å². The average Bonchev–Trinajstić information content (AvgIpc) is 4.04. The van der Waals surface area contributed by atoms with E-state index in [4.69, 9.17) is 15.0 Å². The maximum absolute atomic E-state index is 5.04. The van der Waals surface area contributed by atoms with Crippen molar-refractivity contribution in [2.75, 3.05) is 0 Å². The molecule has 4 aromatic heterocycles.